The van der Waals surface area contributed by atoms with Gasteiger partial charge in [-0.25, -0.2) is 13.1 Å². The summed E-state index contributed by atoms with van der Waals surface area (Å²) in [6, 6.07) is 6.97. The molecule has 6 nitrogen and oxygen atoms in total. The van der Waals surface area contributed by atoms with Gasteiger partial charge in [0.2, 0.25) is 10.0 Å². The van der Waals surface area contributed by atoms with Crippen LogP contribution in [0.1, 0.15) is 11.1 Å². The molecule has 0 spiro atoms. The summed E-state index contributed by atoms with van der Waals surface area (Å²) in [6.45, 7) is 0.348. The Bertz CT molecular complexity index is 679. The zero-order valence-corrected chi connectivity index (χ0v) is 12.1. The van der Waals surface area contributed by atoms with E-state index in [1.54, 1.807) is 35.1 Å². The smallest absolute Gasteiger partial charge is 0.215 e. The van der Waals surface area contributed by atoms with Crippen LogP contribution in [-0.2, 0) is 29.2 Å². The molecule has 3 N–H and O–H groups in total. The van der Waals surface area contributed by atoms with E-state index in [1.807, 2.05) is 13.2 Å². The second-order valence-corrected chi connectivity index (χ2v) is 6.43. The number of anilines is 1. The fraction of sp³-hybridized carbons (Fsp3) is 0.308. The minimum atomic E-state index is -3.38. The molecule has 7 heteroatoms. The summed E-state index contributed by atoms with van der Waals surface area (Å²) in [7, 11) is -1.55. The molecule has 108 valence electrons. The average molecular weight is 294 g/mol. The van der Waals surface area contributed by atoms with E-state index >= 15 is 0 Å². The number of rotatable bonds is 6. The summed E-state index contributed by atoms with van der Waals surface area (Å²) in [4.78, 5) is 0. The van der Waals surface area contributed by atoms with E-state index in [0.29, 0.717) is 24.2 Å². The second-order valence-electron chi connectivity index (χ2n) is 4.62. The lowest BCUT2D eigenvalue weighted by Crippen LogP contribution is -2.27. The van der Waals surface area contributed by atoms with Gasteiger partial charge in [0, 0.05) is 25.5 Å². The van der Waals surface area contributed by atoms with Gasteiger partial charge in [-0.1, -0.05) is 18.2 Å². The first-order valence-corrected chi connectivity index (χ1v) is 7.90. The van der Waals surface area contributed by atoms with Gasteiger partial charge in [-0.05, 0) is 23.6 Å². The molecule has 0 atom stereocenters. The maximum Gasteiger partial charge on any atom is 0.215 e. The summed E-state index contributed by atoms with van der Waals surface area (Å²) in [5.41, 5.74) is 7.85. The average Bonchev–Trinajstić information content (AvgIpc) is 2.77. The van der Waals surface area contributed by atoms with Crippen LogP contribution in [0.4, 0.5) is 5.69 Å². The quantitative estimate of drug-likeness (QED) is 0.766. The number of hydrogen-bond donors (Lipinski definition) is 2. The SMILES string of the molecule is Cn1cc(CCNS(=O)(=O)Cc2ccccc2N)cn1. The van der Waals surface area contributed by atoms with Crippen LogP contribution in [0.25, 0.3) is 0 Å². The Morgan fingerprint density at radius 2 is 2.10 bits per heavy atom. The van der Waals surface area contributed by atoms with Gasteiger partial charge in [-0.15, -0.1) is 0 Å². The lowest BCUT2D eigenvalue weighted by atomic mass is 10.2. The first kappa shape index (κ1) is 14.5. The van der Waals surface area contributed by atoms with Crippen molar-refractivity contribution < 1.29 is 8.42 Å². The van der Waals surface area contributed by atoms with Crippen LogP contribution in [0.15, 0.2) is 36.7 Å². The third-order valence-electron chi connectivity index (χ3n) is 2.89. The maximum atomic E-state index is 12.0. The van der Waals surface area contributed by atoms with Gasteiger partial charge in [-0.2, -0.15) is 5.10 Å². The first-order chi connectivity index (χ1) is 9.46. The van der Waals surface area contributed by atoms with Gasteiger partial charge in [0.25, 0.3) is 0 Å². The van der Waals surface area contributed by atoms with Crippen molar-refractivity contribution in [2.45, 2.75) is 12.2 Å². The van der Waals surface area contributed by atoms with Gasteiger partial charge in [0.1, 0.15) is 0 Å². The van der Waals surface area contributed by atoms with Crippen LogP contribution in [0.5, 0.6) is 0 Å². The highest BCUT2D eigenvalue weighted by atomic mass is 32.2. The lowest BCUT2D eigenvalue weighted by Gasteiger charge is -2.08. The number of nitrogen functional groups attached to an aromatic ring is 1. The molecule has 0 aliphatic heterocycles. The highest BCUT2D eigenvalue weighted by Crippen LogP contribution is 2.13. The van der Waals surface area contributed by atoms with E-state index in [-0.39, 0.29) is 5.75 Å². The zero-order chi connectivity index (χ0) is 14.6. The number of nitrogens with two attached hydrogens (primary N) is 1. The number of nitrogens with one attached hydrogen (secondary N) is 1. The van der Waals surface area contributed by atoms with Gasteiger partial charge >= 0.3 is 0 Å². The van der Waals surface area contributed by atoms with Crippen molar-refractivity contribution >= 4 is 15.7 Å². The van der Waals surface area contributed by atoms with Crippen LogP contribution < -0.4 is 10.5 Å². The Morgan fingerprint density at radius 1 is 1.35 bits per heavy atom. The van der Waals surface area contributed by atoms with Crippen molar-refractivity contribution in [3.63, 3.8) is 0 Å². The molecule has 1 aromatic heterocycles. The van der Waals surface area contributed by atoms with Crippen LogP contribution >= 0.6 is 0 Å². The minimum absolute atomic E-state index is 0.104. The third-order valence-corrected chi connectivity index (χ3v) is 4.23. The standard InChI is InChI=1S/C13H18N4O2S/c1-17-9-11(8-15-17)6-7-16-20(18,19)10-12-4-2-3-5-13(12)14/h2-5,8-9,16H,6-7,10,14H2,1H3. The molecule has 0 aliphatic rings. The third kappa shape index (κ3) is 4.07. The topological polar surface area (TPSA) is 90.0 Å². The van der Waals surface area contributed by atoms with Crippen molar-refractivity contribution in [2.75, 3.05) is 12.3 Å². The monoisotopic (exact) mass is 294 g/mol. The van der Waals surface area contributed by atoms with Crippen LogP contribution in [0.3, 0.4) is 0 Å². The van der Waals surface area contributed by atoms with Crippen molar-refractivity contribution in [3.8, 4) is 0 Å². The first-order valence-electron chi connectivity index (χ1n) is 6.24. The number of para-hydroxylation sites is 1. The Labute approximate surface area is 118 Å². The second kappa shape index (κ2) is 6.06. The molecule has 2 rings (SSSR count). The molecule has 0 radical (unpaired) electrons. The van der Waals surface area contributed by atoms with E-state index in [1.165, 1.54) is 0 Å². The van der Waals surface area contributed by atoms with Crippen LogP contribution in [0, 0.1) is 0 Å². The summed E-state index contributed by atoms with van der Waals surface area (Å²) in [6.07, 6.45) is 4.20. The molecule has 20 heavy (non-hydrogen) atoms. The largest absolute Gasteiger partial charge is 0.398 e. The number of aryl methyl sites for hydroxylation is 1. The summed E-state index contributed by atoms with van der Waals surface area (Å²) in [5, 5.41) is 4.03. The molecule has 0 amide bonds. The highest BCUT2D eigenvalue weighted by Gasteiger charge is 2.12. The van der Waals surface area contributed by atoms with Crippen molar-refractivity contribution in [1.82, 2.24) is 14.5 Å². The summed E-state index contributed by atoms with van der Waals surface area (Å²) >= 11 is 0. The minimum Gasteiger partial charge on any atom is -0.398 e. The zero-order valence-electron chi connectivity index (χ0n) is 11.3. The fourth-order valence-corrected chi connectivity index (χ4v) is 3.06. The molecule has 1 aromatic carbocycles. The van der Waals surface area contributed by atoms with Crippen molar-refractivity contribution in [2.24, 2.45) is 7.05 Å². The molecular formula is C13H18N4O2S. The highest BCUT2D eigenvalue weighted by molar-refractivity contribution is 7.88. The molecule has 0 bridgehead atoms. The Morgan fingerprint density at radius 3 is 2.75 bits per heavy atom. The van der Waals surface area contributed by atoms with Gasteiger partial charge < -0.3 is 5.73 Å². The Balaban J connectivity index is 1.90. The fourth-order valence-electron chi connectivity index (χ4n) is 1.87. The molecule has 1 heterocycles. The molecule has 2 aromatic rings. The number of nitrogens with zero attached hydrogens (tertiary/aromatic N) is 2. The van der Waals surface area contributed by atoms with E-state index < -0.39 is 10.0 Å². The molecule has 0 unspecified atom stereocenters. The maximum absolute atomic E-state index is 12.0. The normalized spacial score (nSPS) is 11.7. The number of hydrogen-bond acceptors (Lipinski definition) is 4. The van der Waals surface area contributed by atoms with Crippen LogP contribution in [-0.4, -0.2) is 24.7 Å². The predicted octanol–water partition coefficient (Wildman–Crippen LogP) is 0.664. The lowest BCUT2D eigenvalue weighted by molar-refractivity contribution is 0.581. The molecule has 0 saturated heterocycles. The molecular weight excluding hydrogens is 276 g/mol. The molecule has 0 fully saturated rings. The van der Waals surface area contributed by atoms with E-state index in [0.717, 1.165) is 5.56 Å². The van der Waals surface area contributed by atoms with E-state index in [4.69, 9.17) is 5.73 Å². The van der Waals surface area contributed by atoms with E-state index in [9.17, 15) is 8.42 Å². The Hall–Kier alpha value is -1.86. The summed E-state index contributed by atoms with van der Waals surface area (Å²) < 4.78 is 28.2. The van der Waals surface area contributed by atoms with Gasteiger partial charge in [0.15, 0.2) is 0 Å². The Kier molecular flexibility index (Phi) is 4.41. The summed E-state index contributed by atoms with van der Waals surface area (Å²) in [5.74, 6) is -0.104. The van der Waals surface area contributed by atoms with Crippen molar-refractivity contribution in [1.29, 1.82) is 0 Å². The van der Waals surface area contributed by atoms with Gasteiger partial charge in [-0.3, -0.25) is 4.68 Å². The number of benzene rings is 1. The van der Waals surface area contributed by atoms with Crippen LogP contribution in [0.2, 0.25) is 0 Å². The van der Waals surface area contributed by atoms with E-state index in [2.05, 4.69) is 9.82 Å². The molecule has 0 saturated carbocycles. The van der Waals surface area contributed by atoms with Gasteiger partial charge in [0.05, 0.1) is 11.9 Å². The predicted molar refractivity (Wildman–Crippen MR) is 78.4 cm³/mol. The number of aromatic nitrogens is 2. The molecule has 0 aliphatic carbocycles. The van der Waals surface area contributed by atoms with Crippen molar-refractivity contribution in [3.05, 3.63) is 47.8 Å². The number of sulfonamides is 1.